The van der Waals surface area contributed by atoms with Gasteiger partial charge in [0.2, 0.25) is 11.7 Å². The summed E-state index contributed by atoms with van der Waals surface area (Å²) in [5.41, 5.74) is 1.51. The normalized spacial score (nSPS) is 17.0. The molecule has 3 aromatic rings. The minimum absolute atomic E-state index is 0.194. The smallest absolute Gasteiger partial charge is 0.292 e. The van der Waals surface area contributed by atoms with E-state index in [0.717, 1.165) is 18.4 Å². The lowest BCUT2D eigenvalue weighted by Gasteiger charge is -2.21. The Bertz CT molecular complexity index is 916. The summed E-state index contributed by atoms with van der Waals surface area (Å²) in [4.78, 5) is 22.8. The van der Waals surface area contributed by atoms with Crippen LogP contribution in [-0.2, 0) is 6.42 Å². The number of halogens is 1. The van der Waals surface area contributed by atoms with Gasteiger partial charge in [0, 0.05) is 13.0 Å². The van der Waals surface area contributed by atoms with Crippen LogP contribution >= 0.6 is 0 Å². The van der Waals surface area contributed by atoms with Crippen molar-refractivity contribution in [1.82, 2.24) is 14.9 Å². The van der Waals surface area contributed by atoms with E-state index in [-0.39, 0.29) is 23.5 Å². The highest BCUT2D eigenvalue weighted by Crippen LogP contribution is 2.33. The molecule has 0 aliphatic carbocycles. The van der Waals surface area contributed by atoms with Crippen LogP contribution in [0.4, 0.5) is 4.39 Å². The number of oxazole rings is 2. The lowest BCUT2D eigenvalue weighted by molar-refractivity contribution is 0.0681. The Kier molecular flexibility index (Phi) is 4.28. The summed E-state index contributed by atoms with van der Waals surface area (Å²) < 4.78 is 24.1. The molecule has 0 spiro atoms. The number of aryl methyl sites for hydroxylation is 1. The minimum Gasteiger partial charge on any atom is -0.443 e. The van der Waals surface area contributed by atoms with Gasteiger partial charge in [0.15, 0.2) is 6.39 Å². The standard InChI is InChI=1S/C19H18FN3O3/c1-12-17(25-11-22-12)19(24)23-8-2-3-16(23)18-21-10-15(26-18)9-13-4-6-14(20)7-5-13/h4-7,10-11,16H,2-3,8-9H2,1H3/t16-/m0/s1. The molecule has 4 rings (SSSR count). The van der Waals surface area contributed by atoms with Crippen molar-refractivity contribution in [2.24, 2.45) is 0 Å². The lowest BCUT2D eigenvalue weighted by Crippen LogP contribution is -2.30. The van der Waals surface area contributed by atoms with Crippen LogP contribution < -0.4 is 0 Å². The van der Waals surface area contributed by atoms with Gasteiger partial charge in [0.25, 0.3) is 5.91 Å². The molecule has 134 valence electrons. The molecule has 1 atom stereocenters. The highest BCUT2D eigenvalue weighted by Gasteiger charge is 2.35. The van der Waals surface area contributed by atoms with Crippen LogP contribution in [0.25, 0.3) is 0 Å². The average Bonchev–Trinajstić information content (AvgIpc) is 3.36. The van der Waals surface area contributed by atoms with Crippen LogP contribution in [-0.4, -0.2) is 27.3 Å². The molecule has 1 aliphatic rings. The SMILES string of the molecule is Cc1ncoc1C(=O)N1CCC[C@H]1c1ncc(Cc2ccc(F)cc2)o1. The fourth-order valence-electron chi connectivity index (χ4n) is 3.27. The zero-order valence-corrected chi connectivity index (χ0v) is 14.3. The molecule has 1 saturated heterocycles. The maximum absolute atomic E-state index is 13.0. The fraction of sp³-hybridized carbons (Fsp3) is 0.316. The first kappa shape index (κ1) is 16.5. The molecule has 1 aromatic carbocycles. The van der Waals surface area contributed by atoms with Crippen molar-refractivity contribution in [3.05, 3.63) is 71.3 Å². The van der Waals surface area contributed by atoms with Crippen LogP contribution in [0.3, 0.4) is 0 Å². The zero-order valence-electron chi connectivity index (χ0n) is 14.3. The van der Waals surface area contributed by atoms with Gasteiger partial charge < -0.3 is 13.7 Å². The van der Waals surface area contributed by atoms with E-state index < -0.39 is 0 Å². The van der Waals surface area contributed by atoms with E-state index in [1.54, 1.807) is 30.2 Å². The summed E-state index contributed by atoms with van der Waals surface area (Å²) in [6.07, 6.45) is 5.13. The maximum Gasteiger partial charge on any atom is 0.292 e. The highest BCUT2D eigenvalue weighted by atomic mass is 19.1. The van der Waals surface area contributed by atoms with Crippen LogP contribution in [0.15, 0.2) is 45.7 Å². The van der Waals surface area contributed by atoms with Gasteiger partial charge in [-0.3, -0.25) is 4.79 Å². The zero-order chi connectivity index (χ0) is 18.1. The van der Waals surface area contributed by atoms with Crippen molar-refractivity contribution in [2.75, 3.05) is 6.54 Å². The Morgan fingerprint density at radius 2 is 2.12 bits per heavy atom. The number of likely N-dealkylation sites (tertiary alicyclic amines) is 1. The summed E-state index contributed by atoms with van der Waals surface area (Å²) in [7, 11) is 0. The average molecular weight is 355 g/mol. The number of benzene rings is 1. The van der Waals surface area contributed by atoms with Gasteiger partial charge in [-0.15, -0.1) is 0 Å². The number of carbonyl (C=O) groups excluding carboxylic acids is 1. The summed E-state index contributed by atoms with van der Waals surface area (Å²) in [5.74, 6) is 0.998. The minimum atomic E-state index is -0.269. The molecule has 0 unspecified atom stereocenters. The molecular formula is C19H18FN3O3. The largest absolute Gasteiger partial charge is 0.443 e. The van der Waals surface area contributed by atoms with Crippen LogP contribution in [0, 0.1) is 12.7 Å². The first-order valence-corrected chi connectivity index (χ1v) is 8.52. The molecule has 0 saturated carbocycles. The van der Waals surface area contributed by atoms with E-state index >= 15 is 0 Å². The number of carbonyl (C=O) groups is 1. The Morgan fingerprint density at radius 1 is 1.31 bits per heavy atom. The van der Waals surface area contributed by atoms with Crippen molar-refractivity contribution in [2.45, 2.75) is 32.2 Å². The van der Waals surface area contributed by atoms with Gasteiger partial charge in [0.1, 0.15) is 17.6 Å². The van der Waals surface area contributed by atoms with Crippen LogP contribution in [0.2, 0.25) is 0 Å². The summed E-state index contributed by atoms with van der Waals surface area (Å²) in [5, 5.41) is 0. The summed E-state index contributed by atoms with van der Waals surface area (Å²) in [6, 6.07) is 6.06. The predicted molar refractivity (Wildman–Crippen MR) is 90.0 cm³/mol. The Hall–Kier alpha value is -2.96. The molecule has 6 nitrogen and oxygen atoms in total. The molecule has 1 aliphatic heterocycles. The molecule has 26 heavy (non-hydrogen) atoms. The third-order valence-electron chi connectivity index (χ3n) is 4.60. The topological polar surface area (TPSA) is 72.4 Å². The van der Waals surface area contributed by atoms with E-state index in [1.807, 2.05) is 0 Å². The predicted octanol–water partition coefficient (Wildman–Crippen LogP) is 3.68. The molecule has 3 heterocycles. The van der Waals surface area contributed by atoms with E-state index in [9.17, 15) is 9.18 Å². The number of hydrogen-bond acceptors (Lipinski definition) is 5. The van der Waals surface area contributed by atoms with Crippen molar-refractivity contribution >= 4 is 5.91 Å². The second-order valence-electron chi connectivity index (χ2n) is 6.39. The first-order chi connectivity index (χ1) is 12.6. The molecule has 7 heteroatoms. The third kappa shape index (κ3) is 3.12. The molecular weight excluding hydrogens is 337 g/mol. The van der Waals surface area contributed by atoms with Gasteiger partial charge in [-0.2, -0.15) is 0 Å². The van der Waals surface area contributed by atoms with Crippen molar-refractivity contribution in [1.29, 1.82) is 0 Å². The van der Waals surface area contributed by atoms with Crippen LogP contribution in [0.5, 0.6) is 0 Å². The highest BCUT2D eigenvalue weighted by molar-refractivity contribution is 5.92. The molecule has 2 aromatic heterocycles. The lowest BCUT2D eigenvalue weighted by atomic mass is 10.1. The number of rotatable bonds is 4. The molecule has 1 fully saturated rings. The van der Waals surface area contributed by atoms with Gasteiger partial charge in [-0.05, 0) is 37.5 Å². The molecule has 0 bridgehead atoms. The van der Waals surface area contributed by atoms with E-state index in [0.29, 0.717) is 30.3 Å². The quantitative estimate of drug-likeness (QED) is 0.714. The van der Waals surface area contributed by atoms with Gasteiger partial charge >= 0.3 is 0 Å². The Balaban J connectivity index is 1.52. The van der Waals surface area contributed by atoms with E-state index in [2.05, 4.69) is 9.97 Å². The molecule has 0 radical (unpaired) electrons. The van der Waals surface area contributed by atoms with E-state index in [4.69, 9.17) is 8.83 Å². The number of amides is 1. The maximum atomic E-state index is 13.0. The van der Waals surface area contributed by atoms with Crippen molar-refractivity contribution in [3.8, 4) is 0 Å². The first-order valence-electron chi connectivity index (χ1n) is 8.52. The van der Waals surface area contributed by atoms with E-state index in [1.165, 1.54) is 18.5 Å². The van der Waals surface area contributed by atoms with Gasteiger partial charge in [0.05, 0.1) is 11.9 Å². The number of nitrogens with zero attached hydrogens (tertiary/aromatic N) is 3. The number of hydrogen-bond donors (Lipinski definition) is 0. The second-order valence-corrected chi connectivity index (χ2v) is 6.39. The number of aromatic nitrogens is 2. The van der Waals surface area contributed by atoms with Crippen molar-refractivity contribution < 1.29 is 18.0 Å². The second kappa shape index (κ2) is 6.74. The van der Waals surface area contributed by atoms with Crippen LogP contribution in [0.1, 0.15) is 52.3 Å². The monoisotopic (exact) mass is 355 g/mol. The Morgan fingerprint density at radius 3 is 2.85 bits per heavy atom. The fourth-order valence-corrected chi connectivity index (χ4v) is 3.27. The van der Waals surface area contributed by atoms with Crippen molar-refractivity contribution in [3.63, 3.8) is 0 Å². The third-order valence-corrected chi connectivity index (χ3v) is 4.60. The molecule has 1 amide bonds. The summed E-state index contributed by atoms with van der Waals surface area (Å²) >= 11 is 0. The van der Waals surface area contributed by atoms with Gasteiger partial charge in [-0.25, -0.2) is 14.4 Å². The Labute approximate surface area is 149 Å². The molecule has 0 N–H and O–H groups in total. The summed E-state index contributed by atoms with van der Waals surface area (Å²) in [6.45, 7) is 2.37. The van der Waals surface area contributed by atoms with Gasteiger partial charge in [-0.1, -0.05) is 12.1 Å².